The Bertz CT molecular complexity index is 380. The highest BCUT2D eigenvalue weighted by Crippen LogP contribution is 2.26. The first-order valence-electron chi connectivity index (χ1n) is 6.93. The summed E-state index contributed by atoms with van der Waals surface area (Å²) in [4.78, 5) is 3.86. The van der Waals surface area contributed by atoms with Crippen molar-refractivity contribution < 1.29 is 0 Å². The van der Waals surface area contributed by atoms with Gasteiger partial charge in [0.15, 0.2) is 0 Å². The summed E-state index contributed by atoms with van der Waals surface area (Å²) in [5, 5.41) is 11.5. The van der Waals surface area contributed by atoms with Gasteiger partial charge in [0.2, 0.25) is 0 Å². The molecule has 1 aromatic rings. The number of thiophene rings is 1. The lowest BCUT2D eigenvalue weighted by molar-refractivity contribution is 0.193. The van der Waals surface area contributed by atoms with Gasteiger partial charge in [-0.1, -0.05) is 25.3 Å². The molecule has 2 unspecified atom stereocenters. The smallest absolute Gasteiger partial charge is 0.0672 e. The van der Waals surface area contributed by atoms with Crippen LogP contribution < -0.4 is 0 Å². The largest absolute Gasteiger partial charge is 0.302 e. The van der Waals surface area contributed by atoms with Gasteiger partial charge in [0, 0.05) is 17.5 Å². The van der Waals surface area contributed by atoms with E-state index in [-0.39, 0.29) is 5.92 Å². The first-order chi connectivity index (χ1) is 8.81. The third-order valence-electron chi connectivity index (χ3n) is 4.00. The first-order valence-corrected chi connectivity index (χ1v) is 7.81. The van der Waals surface area contributed by atoms with Crippen LogP contribution in [0.3, 0.4) is 0 Å². The molecule has 1 fully saturated rings. The molecule has 1 saturated carbocycles. The lowest BCUT2D eigenvalue weighted by Gasteiger charge is -2.30. The van der Waals surface area contributed by atoms with Crippen LogP contribution in [0.15, 0.2) is 17.5 Å². The molecule has 0 aliphatic heterocycles. The molecule has 0 radical (unpaired) electrons. The molecule has 0 bridgehead atoms. The van der Waals surface area contributed by atoms with E-state index in [4.69, 9.17) is 0 Å². The fourth-order valence-electron chi connectivity index (χ4n) is 2.87. The average Bonchev–Trinajstić information content (AvgIpc) is 2.79. The van der Waals surface area contributed by atoms with Crippen LogP contribution in [0.2, 0.25) is 0 Å². The van der Waals surface area contributed by atoms with Crippen molar-refractivity contribution in [1.82, 2.24) is 4.90 Å². The molecule has 1 aromatic heterocycles. The van der Waals surface area contributed by atoms with Gasteiger partial charge in [0.05, 0.1) is 12.0 Å². The molecule has 0 amide bonds. The van der Waals surface area contributed by atoms with Gasteiger partial charge in [-0.2, -0.15) is 5.26 Å². The monoisotopic (exact) mass is 262 g/mol. The van der Waals surface area contributed by atoms with Gasteiger partial charge >= 0.3 is 0 Å². The predicted octanol–water partition coefficient (Wildman–Crippen LogP) is 3.69. The van der Waals surface area contributed by atoms with Gasteiger partial charge < -0.3 is 4.90 Å². The minimum absolute atomic E-state index is 0.237. The van der Waals surface area contributed by atoms with Crippen molar-refractivity contribution in [2.24, 2.45) is 5.92 Å². The van der Waals surface area contributed by atoms with Crippen molar-refractivity contribution in [2.75, 3.05) is 13.6 Å². The first kappa shape index (κ1) is 13.6. The van der Waals surface area contributed by atoms with Crippen LogP contribution in [0, 0.1) is 17.2 Å². The van der Waals surface area contributed by atoms with Crippen LogP contribution >= 0.6 is 11.3 Å². The van der Waals surface area contributed by atoms with Gasteiger partial charge in [-0.05, 0) is 37.8 Å². The van der Waals surface area contributed by atoms with Crippen LogP contribution in [-0.4, -0.2) is 24.5 Å². The third kappa shape index (κ3) is 3.57. The zero-order valence-corrected chi connectivity index (χ0v) is 12.0. The quantitative estimate of drug-likeness (QED) is 0.774. The second kappa shape index (κ2) is 6.92. The maximum absolute atomic E-state index is 9.31. The zero-order chi connectivity index (χ0) is 12.8. The van der Waals surface area contributed by atoms with E-state index in [1.165, 1.54) is 30.6 Å². The van der Waals surface area contributed by atoms with E-state index < -0.39 is 0 Å². The lowest BCUT2D eigenvalue weighted by Crippen LogP contribution is -2.38. The Morgan fingerprint density at radius 3 is 2.94 bits per heavy atom. The molecule has 0 spiro atoms. The van der Waals surface area contributed by atoms with E-state index in [0.717, 1.165) is 19.4 Å². The fraction of sp³-hybridized carbons (Fsp3) is 0.667. The molecule has 98 valence electrons. The maximum Gasteiger partial charge on any atom is 0.0672 e. The van der Waals surface area contributed by atoms with Crippen molar-refractivity contribution >= 4 is 11.3 Å². The predicted molar refractivity (Wildman–Crippen MR) is 76.6 cm³/mol. The average molecular weight is 262 g/mol. The van der Waals surface area contributed by atoms with E-state index in [1.807, 2.05) is 11.3 Å². The summed E-state index contributed by atoms with van der Waals surface area (Å²) in [5.41, 5.74) is 0. The minimum atomic E-state index is 0.237. The molecular formula is C15H22N2S. The van der Waals surface area contributed by atoms with E-state index >= 15 is 0 Å². The Labute approximate surface area is 114 Å². The highest BCUT2D eigenvalue weighted by molar-refractivity contribution is 7.09. The maximum atomic E-state index is 9.31. The van der Waals surface area contributed by atoms with Gasteiger partial charge in [-0.25, -0.2) is 0 Å². The summed E-state index contributed by atoms with van der Waals surface area (Å²) in [7, 11) is 2.19. The molecule has 2 rings (SSSR count). The zero-order valence-electron chi connectivity index (χ0n) is 11.1. The van der Waals surface area contributed by atoms with Gasteiger partial charge in [0.25, 0.3) is 0 Å². The van der Waals surface area contributed by atoms with Crippen LogP contribution in [-0.2, 0) is 6.42 Å². The Kier molecular flexibility index (Phi) is 5.22. The Balaban J connectivity index is 1.89. The summed E-state index contributed by atoms with van der Waals surface area (Å²) < 4.78 is 0. The number of nitrogens with zero attached hydrogens (tertiary/aromatic N) is 2. The topological polar surface area (TPSA) is 27.0 Å². The van der Waals surface area contributed by atoms with Crippen molar-refractivity contribution in [2.45, 2.75) is 44.6 Å². The highest BCUT2D eigenvalue weighted by Gasteiger charge is 2.26. The van der Waals surface area contributed by atoms with Crippen molar-refractivity contribution in [1.29, 1.82) is 5.26 Å². The van der Waals surface area contributed by atoms with Gasteiger partial charge in [0.1, 0.15) is 0 Å². The summed E-state index contributed by atoms with van der Waals surface area (Å²) in [6.45, 7) is 1.07. The second-order valence-corrected chi connectivity index (χ2v) is 6.28. The fourth-order valence-corrected chi connectivity index (χ4v) is 3.57. The molecular weight excluding hydrogens is 240 g/mol. The van der Waals surface area contributed by atoms with Gasteiger partial charge in [-0.3, -0.25) is 0 Å². The van der Waals surface area contributed by atoms with Crippen molar-refractivity contribution in [3.05, 3.63) is 22.4 Å². The summed E-state index contributed by atoms with van der Waals surface area (Å²) in [6, 6.07) is 7.32. The van der Waals surface area contributed by atoms with Crippen molar-refractivity contribution in [3.8, 4) is 6.07 Å². The number of nitriles is 1. The van der Waals surface area contributed by atoms with E-state index in [2.05, 4.69) is 35.5 Å². The minimum Gasteiger partial charge on any atom is -0.302 e. The van der Waals surface area contributed by atoms with Crippen LogP contribution in [0.1, 0.15) is 37.0 Å². The summed E-state index contributed by atoms with van der Waals surface area (Å²) in [5.74, 6) is 0.237. The van der Waals surface area contributed by atoms with Crippen molar-refractivity contribution in [3.63, 3.8) is 0 Å². The Hall–Kier alpha value is -0.850. The summed E-state index contributed by atoms with van der Waals surface area (Å²) >= 11 is 1.83. The SMILES string of the molecule is CN(CCc1cccs1)C1CCCCCC1C#N. The Morgan fingerprint density at radius 2 is 2.22 bits per heavy atom. The van der Waals surface area contributed by atoms with E-state index in [0.29, 0.717) is 6.04 Å². The number of hydrogen-bond donors (Lipinski definition) is 0. The molecule has 1 aliphatic carbocycles. The Morgan fingerprint density at radius 1 is 1.39 bits per heavy atom. The second-order valence-electron chi connectivity index (χ2n) is 5.25. The molecule has 0 saturated heterocycles. The number of rotatable bonds is 4. The molecule has 2 atom stereocenters. The number of hydrogen-bond acceptors (Lipinski definition) is 3. The summed E-state index contributed by atoms with van der Waals surface area (Å²) in [6.07, 6.45) is 7.21. The molecule has 18 heavy (non-hydrogen) atoms. The van der Waals surface area contributed by atoms with Crippen LogP contribution in [0.5, 0.6) is 0 Å². The molecule has 0 aromatic carbocycles. The van der Waals surface area contributed by atoms with Crippen LogP contribution in [0.25, 0.3) is 0 Å². The number of likely N-dealkylation sites (N-methyl/N-ethyl adjacent to an activating group) is 1. The van der Waals surface area contributed by atoms with E-state index in [1.54, 1.807) is 0 Å². The lowest BCUT2D eigenvalue weighted by atomic mass is 9.95. The molecule has 1 heterocycles. The molecule has 0 N–H and O–H groups in total. The molecule has 1 aliphatic rings. The molecule has 3 heteroatoms. The molecule has 2 nitrogen and oxygen atoms in total. The van der Waals surface area contributed by atoms with Gasteiger partial charge in [-0.15, -0.1) is 11.3 Å². The highest BCUT2D eigenvalue weighted by atomic mass is 32.1. The third-order valence-corrected chi connectivity index (χ3v) is 4.94. The van der Waals surface area contributed by atoms with E-state index in [9.17, 15) is 5.26 Å². The standard InChI is InChI=1S/C15H22N2S/c1-17(10-9-14-7-5-11-18-14)15-8-4-2-3-6-13(15)12-16/h5,7,11,13,15H,2-4,6,8-10H2,1H3. The van der Waals surface area contributed by atoms with Crippen LogP contribution in [0.4, 0.5) is 0 Å². The normalized spacial score (nSPS) is 24.7.